The van der Waals surface area contributed by atoms with Crippen molar-refractivity contribution in [2.45, 2.75) is 40.5 Å². The minimum Gasteiger partial charge on any atom is -0.411 e. The van der Waals surface area contributed by atoms with Crippen LogP contribution in [0.1, 0.15) is 38.4 Å². The summed E-state index contributed by atoms with van der Waals surface area (Å²) < 4.78 is 5.12. The average Bonchev–Trinajstić information content (AvgIpc) is 2.70. The molecule has 1 aromatic heterocycles. The molecule has 0 spiro atoms. The molecule has 0 aliphatic rings. The lowest BCUT2D eigenvalue weighted by atomic mass is 10.2. The molecular formula is C11H18N4O2. The largest absolute Gasteiger partial charge is 0.411 e. The van der Waals surface area contributed by atoms with E-state index in [0.29, 0.717) is 23.7 Å². The lowest BCUT2D eigenvalue weighted by Crippen LogP contribution is -2.11. The predicted octanol–water partition coefficient (Wildman–Crippen LogP) is 2.57. The summed E-state index contributed by atoms with van der Waals surface area (Å²) in [6, 6.07) is 0. The van der Waals surface area contributed by atoms with E-state index in [4.69, 9.17) is 9.73 Å². The fourth-order valence-corrected chi connectivity index (χ4v) is 1.48. The number of hydrazone groups is 1. The molecule has 0 fully saturated rings. The first-order valence-corrected chi connectivity index (χ1v) is 5.60. The van der Waals surface area contributed by atoms with Crippen LogP contribution >= 0.6 is 0 Å². The Bertz CT molecular complexity index is 435. The zero-order valence-electron chi connectivity index (χ0n) is 10.6. The fourth-order valence-electron chi connectivity index (χ4n) is 1.48. The lowest BCUT2D eigenvalue weighted by molar-refractivity contribution is 0.320. The second-order valence-electron chi connectivity index (χ2n) is 3.64. The lowest BCUT2D eigenvalue weighted by Gasteiger charge is -2.02. The highest BCUT2D eigenvalue weighted by Crippen LogP contribution is 2.19. The van der Waals surface area contributed by atoms with Crippen molar-refractivity contribution in [3.8, 4) is 0 Å². The Balaban J connectivity index is 2.87. The molecule has 0 amide bonds. The van der Waals surface area contributed by atoms with Crippen molar-refractivity contribution in [1.82, 2.24) is 5.16 Å². The number of anilines is 1. The minimum absolute atomic E-state index is 0.481. The quantitative estimate of drug-likeness (QED) is 0.469. The van der Waals surface area contributed by atoms with Gasteiger partial charge in [-0.3, -0.25) is 0 Å². The van der Waals surface area contributed by atoms with E-state index in [2.05, 4.69) is 20.8 Å². The van der Waals surface area contributed by atoms with Gasteiger partial charge in [0.2, 0.25) is 5.88 Å². The van der Waals surface area contributed by atoms with Crippen LogP contribution in [-0.4, -0.2) is 21.8 Å². The summed E-state index contributed by atoms with van der Waals surface area (Å²) in [6.45, 7) is 7.53. The highest BCUT2D eigenvalue weighted by molar-refractivity contribution is 6.41. The summed E-state index contributed by atoms with van der Waals surface area (Å²) in [5.41, 5.74) is 5.83. The van der Waals surface area contributed by atoms with Crippen molar-refractivity contribution in [2.24, 2.45) is 10.3 Å². The second-order valence-corrected chi connectivity index (χ2v) is 3.64. The average molecular weight is 238 g/mol. The van der Waals surface area contributed by atoms with Crippen LogP contribution in [0.4, 0.5) is 5.88 Å². The molecule has 0 aliphatic carbocycles. The summed E-state index contributed by atoms with van der Waals surface area (Å²) in [4.78, 5) is 0. The molecule has 0 radical (unpaired) electrons. The summed E-state index contributed by atoms with van der Waals surface area (Å²) in [5.74, 6) is 0.543. The number of aryl methyl sites for hydroxylation is 1. The second kappa shape index (κ2) is 6.03. The molecule has 0 aromatic carbocycles. The van der Waals surface area contributed by atoms with Gasteiger partial charge >= 0.3 is 0 Å². The molecule has 17 heavy (non-hydrogen) atoms. The van der Waals surface area contributed by atoms with Gasteiger partial charge < -0.3 is 9.73 Å². The molecule has 0 bridgehead atoms. The first kappa shape index (κ1) is 13.2. The highest BCUT2D eigenvalue weighted by Gasteiger charge is 2.10. The number of aromatic nitrogens is 1. The maximum Gasteiger partial charge on any atom is 0.248 e. The summed E-state index contributed by atoms with van der Waals surface area (Å²) >= 11 is 0. The molecular weight excluding hydrogens is 220 g/mol. The number of rotatable bonds is 5. The molecule has 0 aliphatic heterocycles. The van der Waals surface area contributed by atoms with Gasteiger partial charge in [0.05, 0.1) is 17.1 Å². The van der Waals surface area contributed by atoms with E-state index in [1.807, 2.05) is 20.8 Å². The summed E-state index contributed by atoms with van der Waals surface area (Å²) in [7, 11) is 0. The minimum atomic E-state index is 0.481. The van der Waals surface area contributed by atoms with Gasteiger partial charge in [0.1, 0.15) is 0 Å². The van der Waals surface area contributed by atoms with Crippen molar-refractivity contribution >= 4 is 17.3 Å². The Kier molecular flexibility index (Phi) is 4.68. The number of nitrogens with zero attached hydrogens (tertiary/aromatic N) is 3. The van der Waals surface area contributed by atoms with E-state index < -0.39 is 0 Å². The van der Waals surface area contributed by atoms with Crippen molar-refractivity contribution in [1.29, 1.82) is 0 Å². The first-order chi connectivity index (χ1) is 8.13. The van der Waals surface area contributed by atoms with Crippen LogP contribution in [-0.2, 0) is 6.42 Å². The third kappa shape index (κ3) is 3.05. The van der Waals surface area contributed by atoms with Gasteiger partial charge in [-0.25, -0.2) is 5.43 Å². The molecule has 6 nitrogen and oxygen atoms in total. The number of hydrogen-bond donors (Lipinski definition) is 2. The molecule has 0 atom stereocenters. The predicted molar refractivity (Wildman–Crippen MR) is 66.9 cm³/mol. The van der Waals surface area contributed by atoms with Crippen LogP contribution in [0.2, 0.25) is 0 Å². The van der Waals surface area contributed by atoms with Crippen LogP contribution in [0.15, 0.2) is 14.8 Å². The monoisotopic (exact) mass is 238 g/mol. The van der Waals surface area contributed by atoms with E-state index >= 15 is 0 Å². The summed E-state index contributed by atoms with van der Waals surface area (Å²) in [5, 5.41) is 19.8. The van der Waals surface area contributed by atoms with E-state index in [1.54, 1.807) is 6.92 Å². The zero-order valence-corrected chi connectivity index (χ0v) is 10.6. The van der Waals surface area contributed by atoms with Gasteiger partial charge in [-0.2, -0.15) is 5.10 Å². The molecule has 1 rings (SSSR count). The van der Waals surface area contributed by atoms with Gasteiger partial charge in [0, 0.05) is 5.56 Å². The van der Waals surface area contributed by atoms with Crippen LogP contribution in [0.3, 0.4) is 0 Å². The number of oxime groups is 1. The molecule has 6 heteroatoms. The van der Waals surface area contributed by atoms with Gasteiger partial charge in [0.15, 0.2) is 0 Å². The smallest absolute Gasteiger partial charge is 0.248 e. The van der Waals surface area contributed by atoms with E-state index in [9.17, 15) is 0 Å². The fraction of sp³-hybridized carbons (Fsp3) is 0.545. The summed E-state index contributed by atoms with van der Waals surface area (Å²) in [6.07, 6.45) is 1.49. The van der Waals surface area contributed by atoms with Crippen molar-refractivity contribution < 1.29 is 9.73 Å². The van der Waals surface area contributed by atoms with Crippen LogP contribution in [0.25, 0.3) is 0 Å². The van der Waals surface area contributed by atoms with E-state index in [-0.39, 0.29) is 0 Å². The van der Waals surface area contributed by atoms with Crippen molar-refractivity contribution in [3.05, 3.63) is 11.3 Å². The molecule has 1 heterocycles. The highest BCUT2D eigenvalue weighted by atomic mass is 16.5. The van der Waals surface area contributed by atoms with E-state index in [1.165, 1.54) is 0 Å². The molecule has 0 saturated carbocycles. The number of nitrogens with one attached hydrogen (secondary N) is 1. The van der Waals surface area contributed by atoms with Gasteiger partial charge in [0.25, 0.3) is 0 Å². The van der Waals surface area contributed by atoms with Gasteiger partial charge in [-0.15, -0.1) is 0 Å². The van der Waals surface area contributed by atoms with Crippen molar-refractivity contribution in [2.75, 3.05) is 5.43 Å². The molecule has 2 N–H and O–H groups in total. The topological polar surface area (TPSA) is 83.0 Å². The number of hydrogen-bond acceptors (Lipinski definition) is 6. The molecule has 0 saturated heterocycles. The third-order valence-electron chi connectivity index (χ3n) is 2.53. The Hall–Kier alpha value is -1.85. The third-order valence-corrected chi connectivity index (χ3v) is 2.53. The molecule has 94 valence electrons. The van der Waals surface area contributed by atoms with Crippen LogP contribution in [0.5, 0.6) is 0 Å². The standard InChI is InChI=1S/C11H18N4O2/c1-5-9-7(3)15-17-11(9)13-12-10(6-2)8(4)14-16/h13,16H,5-6H2,1-4H3/b12-10-,14-8-. The maximum absolute atomic E-state index is 8.68. The van der Waals surface area contributed by atoms with Gasteiger partial charge in [-0.05, 0) is 26.7 Å². The Morgan fingerprint density at radius 3 is 2.71 bits per heavy atom. The van der Waals surface area contributed by atoms with E-state index in [0.717, 1.165) is 17.7 Å². The molecule has 1 aromatic rings. The van der Waals surface area contributed by atoms with Crippen LogP contribution < -0.4 is 5.43 Å². The normalized spacial score (nSPS) is 12.9. The van der Waals surface area contributed by atoms with Crippen LogP contribution in [0, 0.1) is 6.92 Å². The Morgan fingerprint density at radius 2 is 2.18 bits per heavy atom. The Morgan fingerprint density at radius 1 is 1.47 bits per heavy atom. The maximum atomic E-state index is 8.68. The molecule has 0 unspecified atom stereocenters. The Labute approximate surface area is 100 Å². The first-order valence-electron chi connectivity index (χ1n) is 5.60. The van der Waals surface area contributed by atoms with Gasteiger partial charge in [-0.1, -0.05) is 24.2 Å². The SMILES string of the molecule is CCC(=N/Nc1onc(C)c1CC)/C(C)=N\O. The van der Waals surface area contributed by atoms with Crippen molar-refractivity contribution in [3.63, 3.8) is 0 Å². The zero-order chi connectivity index (χ0) is 12.8.